The minimum atomic E-state index is -0.345. The van der Waals surface area contributed by atoms with E-state index in [1.807, 2.05) is 54.6 Å². The van der Waals surface area contributed by atoms with Crippen molar-refractivity contribution in [1.82, 2.24) is 5.32 Å². The molecular formula is C17H20N2O2. The lowest BCUT2D eigenvalue weighted by Gasteiger charge is -2.10. The zero-order valence-corrected chi connectivity index (χ0v) is 12.1. The summed E-state index contributed by atoms with van der Waals surface area (Å²) in [5.41, 5.74) is 7.41. The fourth-order valence-electron chi connectivity index (χ4n) is 1.81. The van der Waals surface area contributed by atoms with Crippen molar-refractivity contribution in [2.45, 2.75) is 26.1 Å². The second-order valence-corrected chi connectivity index (χ2v) is 4.92. The van der Waals surface area contributed by atoms with Gasteiger partial charge in [-0.2, -0.15) is 0 Å². The van der Waals surface area contributed by atoms with Crippen LogP contribution in [0.4, 0.5) is 0 Å². The average Bonchev–Trinajstić information content (AvgIpc) is 2.52. The third kappa shape index (κ3) is 4.93. The van der Waals surface area contributed by atoms with Crippen molar-refractivity contribution < 1.29 is 9.53 Å². The largest absolute Gasteiger partial charge is 0.489 e. The van der Waals surface area contributed by atoms with Crippen LogP contribution in [0.2, 0.25) is 0 Å². The topological polar surface area (TPSA) is 64.3 Å². The Kier molecular flexibility index (Phi) is 5.35. The summed E-state index contributed by atoms with van der Waals surface area (Å²) >= 11 is 0. The summed E-state index contributed by atoms with van der Waals surface area (Å²) in [5.74, 6) is 0.515. The predicted molar refractivity (Wildman–Crippen MR) is 82.7 cm³/mol. The van der Waals surface area contributed by atoms with Crippen LogP contribution in [0.15, 0.2) is 54.6 Å². The lowest BCUT2D eigenvalue weighted by atomic mass is 10.1. The molecule has 0 aliphatic rings. The number of para-hydroxylation sites is 1. The normalized spacial score (nSPS) is 11.9. The number of hydrogen-bond acceptors (Lipinski definition) is 3. The number of benzene rings is 2. The van der Waals surface area contributed by atoms with E-state index in [2.05, 4.69) is 5.32 Å². The maximum Gasteiger partial charge on any atom is 0.234 e. The molecule has 0 bridgehead atoms. The summed E-state index contributed by atoms with van der Waals surface area (Å²) in [6.07, 6.45) is 0. The van der Waals surface area contributed by atoms with Crippen molar-refractivity contribution in [3.8, 4) is 5.75 Å². The van der Waals surface area contributed by atoms with E-state index in [1.165, 1.54) is 0 Å². The first-order chi connectivity index (χ1) is 10.1. The molecule has 0 fully saturated rings. The van der Waals surface area contributed by atoms with Gasteiger partial charge in [-0.15, -0.1) is 0 Å². The summed E-state index contributed by atoms with van der Waals surface area (Å²) in [5, 5.41) is 3.07. The van der Waals surface area contributed by atoms with Crippen LogP contribution >= 0.6 is 0 Å². The van der Waals surface area contributed by atoms with Crippen LogP contribution in [0.5, 0.6) is 5.75 Å². The number of carbonyl (C=O) groups is 1. The molecule has 0 aromatic heterocycles. The van der Waals surface area contributed by atoms with Crippen LogP contribution in [-0.4, -0.2) is 11.9 Å². The Hall–Kier alpha value is -2.33. The van der Waals surface area contributed by atoms with E-state index in [0.717, 1.165) is 16.9 Å². The molecule has 2 rings (SSSR count). The van der Waals surface area contributed by atoms with E-state index >= 15 is 0 Å². The maximum absolute atomic E-state index is 10.9. The van der Waals surface area contributed by atoms with Crippen LogP contribution in [0.3, 0.4) is 0 Å². The fourth-order valence-corrected chi connectivity index (χ4v) is 1.81. The lowest BCUT2D eigenvalue weighted by molar-refractivity contribution is -0.119. The Bertz CT molecular complexity index is 567. The van der Waals surface area contributed by atoms with Crippen molar-refractivity contribution in [1.29, 1.82) is 0 Å². The van der Waals surface area contributed by atoms with Gasteiger partial charge in [0.25, 0.3) is 0 Å². The molecule has 0 aliphatic heterocycles. The number of amides is 1. The minimum Gasteiger partial charge on any atom is -0.489 e. The third-order valence-electron chi connectivity index (χ3n) is 3.21. The smallest absolute Gasteiger partial charge is 0.234 e. The molecule has 0 radical (unpaired) electrons. The molecule has 110 valence electrons. The van der Waals surface area contributed by atoms with E-state index in [0.29, 0.717) is 13.2 Å². The Morgan fingerprint density at radius 2 is 1.71 bits per heavy atom. The summed E-state index contributed by atoms with van der Waals surface area (Å²) in [4.78, 5) is 10.9. The van der Waals surface area contributed by atoms with E-state index in [-0.39, 0.29) is 11.9 Å². The highest BCUT2D eigenvalue weighted by molar-refractivity contribution is 5.79. The molecule has 1 unspecified atom stereocenters. The van der Waals surface area contributed by atoms with Gasteiger partial charge in [0.15, 0.2) is 0 Å². The SMILES string of the molecule is CC(NCc1ccc(COc2ccccc2)cc1)C(N)=O. The van der Waals surface area contributed by atoms with Crippen molar-refractivity contribution in [3.05, 3.63) is 65.7 Å². The Balaban J connectivity index is 1.83. The molecule has 0 aliphatic carbocycles. The molecule has 0 spiro atoms. The van der Waals surface area contributed by atoms with Gasteiger partial charge in [-0.05, 0) is 30.2 Å². The Labute approximate surface area is 124 Å². The first kappa shape index (κ1) is 15.1. The lowest BCUT2D eigenvalue weighted by Crippen LogP contribution is -2.38. The number of primary amides is 1. The Morgan fingerprint density at radius 3 is 2.33 bits per heavy atom. The van der Waals surface area contributed by atoms with E-state index in [1.54, 1.807) is 6.92 Å². The van der Waals surface area contributed by atoms with Gasteiger partial charge in [-0.3, -0.25) is 4.79 Å². The van der Waals surface area contributed by atoms with Gasteiger partial charge in [0.1, 0.15) is 12.4 Å². The zero-order valence-electron chi connectivity index (χ0n) is 12.1. The highest BCUT2D eigenvalue weighted by atomic mass is 16.5. The van der Waals surface area contributed by atoms with Crippen LogP contribution in [0, 0.1) is 0 Å². The number of hydrogen-bond donors (Lipinski definition) is 2. The van der Waals surface area contributed by atoms with Crippen LogP contribution < -0.4 is 15.8 Å². The van der Waals surface area contributed by atoms with Gasteiger partial charge >= 0.3 is 0 Å². The molecule has 4 heteroatoms. The highest BCUT2D eigenvalue weighted by Crippen LogP contribution is 2.12. The molecule has 2 aromatic rings. The molecular weight excluding hydrogens is 264 g/mol. The van der Waals surface area contributed by atoms with Gasteiger partial charge in [0.2, 0.25) is 5.91 Å². The zero-order chi connectivity index (χ0) is 15.1. The fraction of sp³-hybridized carbons (Fsp3) is 0.235. The molecule has 1 atom stereocenters. The van der Waals surface area contributed by atoms with E-state index < -0.39 is 0 Å². The number of ether oxygens (including phenoxy) is 1. The Morgan fingerprint density at radius 1 is 1.10 bits per heavy atom. The first-order valence-corrected chi connectivity index (χ1v) is 6.93. The molecule has 21 heavy (non-hydrogen) atoms. The average molecular weight is 284 g/mol. The van der Waals surface area contributed by atoms with Crippen molar-refractivity contribution in [2.75, 3.05) is 0 Å². The summed E-state index contributed by atoms with van der Waals surface area (Å²) in [7, 11) is 0. The molecule has 0 saturated heterocycles. The summed E-state index contributed by atoms with van der Waals surface area (Å²) in [6, 6.07) is 17.5. The predicted octanol–water partition coefficient (Wildman–Crippen LogP) is 2.23. The minimum absolute atomic E-state index is 0.328. The summed E-state index contributed by atoms with van der Waals surface area (Å²) < 4.78 is 5.68. The molecule has 2 aromatic carbocycles. The standard InChI is InChI=1S/C17H20N2O2/c1-13(17(18)20)19-11-14-7-9-15(10-8-14)12-21-16-5-3-2-4-6-16/h2-10,13,19H,11-12H2,1H3,(H2,18,20). The first-order valence-electron chi connectivity index (χ1n) is 6.93. The van der Waals surface area contributed by atoms with Gasteiger partial charge in [-0.1, -0.05) is 42.5 Å². The van der Waals surface area contributed by atoms with Gasteiger partial charge in [0.05, 0.1) is 6.04 Å². The number of rotatable bonds is 7. The number of carbonyl (C=O) groups excluding carboxylic acids is 1. The van der Waals surface area contributed by atoms with Crippen LogP contribution in [0.25, 0.3) is 0 Å². The van der Waals surface area contributed by atoms with Gasteiger partial charge < -0.3 is 15.8 Å². The monoisotopic (exact) mass is 284 g/mol. The van der Waals surface area contributed by atoms with Crippen molar-refractivity contribution in [2.24, 2.45) is 5.73 Å². The second-order valence-electron chi connectivity index (χ2n) is 4.92. The number of nitrogens with one attached hydrogen (secondary N) is 1. The molecule has 0 heterocycles. The van der Waals surface area contributed by atoms with Crippen LogP contribution in [0.1, 0.15) is 18.1 Å². The van der Waals surface area contributed by atoms with Crippen molar-refractivity contribution in [3.63, 3.8) is 0 Å². The second kappa shape index (κ2) is 7.45. The molecule has 3 N–H and O–H groups in total. The highest BCUT2D eigenvalue weighted by Gasteiger charge is 2.06. The van der Waals surface area contributed by atoms with Gasteiger partial charge in [0, 0.05) is 6.54 Å². The molecule has 1 amide bonds. The summed E-state index contributed by atoms with van der Waals surface area (Å²) in [6.45, 7) is 2.91. The van der Waals surface area contributed by atoms with E-state index in [4.69, 9.17) is 10.5 Å². The van der Waals surface area contributed by atoms with Crippen LogP contribution in [-0.2, 0) is 17.9 Å². The molecule has 0 saturated carbocycles. The van der Waals surface area contributed by atoms with Crippen molar-refractivity contribution >= 4 is 5.91 Å². The quantitative estimate of drug-likeness (QED) is 0.819. The van der Waals surface area contributed by atoms with Gasteiger partial charge in [-0.25, -0.2) is 0 Å². The number of nitrogens with two attached hydrogens (primary N) is 1. The maximum atomic E-state index is 10.9. The molecule has 4 nitrogen and oxygen atoms in total. The van der Waals surface area contributed by atoms with E-state index in [9.17, 15) is 4.79 Å². The third-order valence-corrected chi connectivity index (χ3v) is 3.21.